The zero-order valence-corrected chi connectivity index (χ0v) is 16.1. The van der Waals surface area contributed by atoms with Crippen molar-refractivity contribution in [2.75, 3.05) is 31.1 Å². The third-order valence-corrected chi connectivity index (χ3v) is 6.17. The molecule has 0 amide bonds. The summed E-state index contributed by atoms with van der Waals surface area (Å²) >= 11 is 7.89. The first-order chi connectivity index (χ1) is 12.1. The number of rotatable bonds is 3. The van der Waals surface area contributed by atoms with E-state index < -0.39 is 0 Å². The second-order valence-electron chi connectivity index (χ2n) is 6.53. The van der Waals surface area contributed by atoms with E-state index in [1.54, 1.807) is 11.3 Å². The van der Waals surface area contributed by atoms with Gasteiger partial charge < -0.3 is 4.90 Å². The van der Waals surface area contributed by atoms with Gasteiger partial charge in [-0.25, -0.2) is 4.98 Å². The lowest BCUT2D eigenvalue weighted by molar-refractivity contribution is 0.249. The molecule has 4 nitrogen and oxygen atoms in total. The third kappa shape index (κ3) is 3.36. The monoisotopic (exact) mass is 372 g/mol. The molecule has 0 radical (unpaired) electrons. The minimum absolute atomic E-state index is 0.343. The number of halogens is 1. The smallest absolute Gasteiger partial charge is 0.225 e. The molecule has 3 heterocycles. The van der Waals surface area contributed by atoms with Crippen LogP contribution >= 0.6 is 22.9 Å². The molecule has 130 valence electrons. The van der Waals surface area contributed by atoms with Crippen molar-refractivity contribution >= 4 is 39.0 Å². The van der Waals surface area contributed by atoms with E-state index >= 15 is 0 Å². The van der Waals surface area contributed by atoms with Crippen LogP contribution in [0.5, 0.6) is 0 Å². The second-order valence-corrected chi connectivity index (χ2v) is 8.07. The van der Waals surface area contributed by atoms with Gasteiger partial charge in [0, 0.05) is 37.6 Å². The van der Waals surface area contributed by atoms with Gasteiger partial charge in [0.1, 0.15) is 10.6 Å². The van der Waals surface area contributed by atoms with Crippen LogP contribution in [0, 0.1) is 13.8 Å². The van der Waals surface area contributed by atoms with Crippen molar-refractivity contribution < 1.29 is 0 Å². The minimum atomic E-state index is 0.343. The second kappa shape index (κ2) is 6.90. The van der Waals surface area contributed by atoms with Crippen molar-refractivity contribution in [3.8, 4) is 0 Å². The predicted molar refractivity (Wildman–Crippen MR) is 106 cm³/mol. The van der Waals surface area contributed by atoms with Crippen LogP contribution < -0.4 is 4.90 Å². The Bertz CT molecular complexity index is 885. The van der Waals surface area contributed by atoms with Gasteiger partial charge in [0.05, 0.1) is 5.39 Å². The molecule has 1 aliphatic heterocycles. The van der Waals surface area contributed by atoms with Crippen LogP contribution in [-0.2, 0) is 6.54 Å². The number of anilines is 1. The summed E-state index contributed by atoms with van der Waals surface area (Å²) in [5.74, 6) is 0.996. The number of nitrogens with zero attached hydrogens (tertiary/aromatic N) is 4. The fourth-order valence-corrected chi connectivity index (χ4v) is 4.63. The van der Waals surface area contributed by atoms with E-state index in [9.17, 15) is 0 Å². The number of thiophene rings is 1. The topological polar surface area (TPSA) is 32.3 Å². The van der Waals surface area contributed by atoms with Gasteiger partial charge in [0.25, 0.3) is 0 Å². The Kier molecular flexibility index (Phi) is 4.63. The molecule has 25 heavy (non-hydrogen) atoms. The zero-order chi connectivity index (χ0) is 17.4. The van der Waals surface area contributed by atoms with Crippen LogP contribution in [0.2, 0.25) is 5.28 Å². The summed E-state index contributed by atoms with van der Waals surface area (Å²) in [7, 11) is 0. The molecule has 0 aliphatic carbocycles. The number of piperazine rings is 1. The highest BCUT2D eigenvalue weighted by atomic mass is 35.5. The van der Waals surface area contributed by atoms with E-state index in [1.807, 2.05) is 0 Å². The van der Waals surface area contributed by atoms with Crippen LogP contribution in [0.1, 0.15) is 16.0 Å². The number of fused-ring (bicyclic) bond motifs is 1. The lowest BCUT2D eigenvalue weighted by Gasteiger charge is -2.35. The maximum Gasteiger partial charge on any atom is 0.225 e. The Morgan fingerprint density at radius 2 is 1.76 bits per heavy atom. The standard InChI is InChI=1S/C19H21ClN4S/c1-13-14(2)25-18-16(13)17(21-19(20)22-18)24-10-8-23(9-11-24)12-15-6-4-3-5-7-15/h3-7H,8-12H2,1-2H3. The van der Waals surface area contributed by atoms with E-state index in [0.717, 1.165) is 43.4 Å². The minimum Gasteiger partial charge on any atom is -0.353 e. The lowest BCUT2D eigenvalue weighted by atomic mass is 10.1. The Morgan fingerprint density at radius 3 is 2.48 bits per heavy atom. The molecule has 1 saturated heterocycles. The summed E-state index contributed by atoms with van der Waals surface area (Å²) in [4.78, 5) is 16.1. The maximum absolute atomic E-state index is 6.19. The highest BCUT2D eigenvalue weighted by molar-refractivity contribution is 7.18. The summed E-state index contributed by atoms with van der Waals surface area (Å²) in [6, 6.07) is 10.7. The first-order valence-electron chi connectivity index (χ1n) is 8.56. The number of aryl methyl sites for hydroxylation is 2. The van der Waals surface area contributed by atoms with Gasteiger partial charge in [0.2, 0.25) is 5.28 Å². The molecule has 0 unspecified atom stereocenters. The van der Waals surface area contributed by atoms with Gasteiger partial charge in [-0.05, 0) is 36.6 Å². The van der Waals surface area contributed by atoms with Gasteiger partial charge in [-0.1, -0.05) is 30.3 Å². The summed E-state index contributed by atoms with van der Waals surface area (Å²) in [5, 5.41) is 1.51. The van der Waals surface area contributed by atoms with Crippen molar-refractivity contribution in [1.29, 1.82) is 0 Å². The van der Waals surface area contributed by atoms with Gasteiger partial charge in [0.15, 0.2) is 0 Å². The molecule has 0 saturated carbocycles. The molecule has 1 aliphatic rings. The van der Waals surface area contributed by atoms with Crippen molar-refractivity contribution in [1.82, 2.24) is 14.9 Å². The molecule has 0 atom stereocenters. The molecule has 1 aromatic carbocycles. The fraction of sp³-hybridized carbons (Fsp3) is 0.368. The summed E-state index contributed by atoms with van der Waals surface area (Å²) in [6.07, 6.45) is 0. The Morgan fingerprint density at radius 1 is 1.04 bits per heavy atom. The van der Waals surface area contributed by atoms with Crippen molar-refractivity contribution in [2.45, 2.75) is 20.4 Å². The normalized spacial score (nSPS) is 15.9. The average molecular weight is 373 g/mol. The maximum atomic E-state index is 6.19. The molecule has 3 aromatic rings. The van der Waals surface area contributed by atoms with E-state index in [-0.39, 0.29) is 0 Å². The fourth-order valence-electron chi connectivity index (χ4n) is 3.39. The molecule has 1 fully saturated rings. The SMILES string of the molecule is Cc1sc2nc(Cl)nc(N3CCN(Cc4ccccc4)CC3)c2c1C. The summed E-state index contributed by atoms with van der Waals surface area (Å²) in [6.45, 7) is 9.27. The van der Waals surface area contributed by atoms with Gasteiger partial charge in [-0.15, -0.1) is 11.3 Å². The number of hydrogen-bond donors (Lipinski definition) is 0. The number of aromatic nitrogens is 2. The van der Waals surface area contributed by atoms with Gasteiger partial charge >= 0.3 is 0 Å². The summed E-state index contributed by atoms with van der Waals surface area (Å²) in [5.41, 5.74) is 2.64. The highest BCUT2D eigenvalue weighted by Crippen LogP contribution is 2.36. The highest BCUT2D eigenvalue weighted by Gasteiger charge is 2.23. The molecular weight excluding hydrogens is 352 g/mol. The molecule has 0 N–H and O–H groups in total. The average Bonchev–Trinajstić information content (AvgIpc) is 2.90. The zero-order valence-electron chi connectivity index (χ0n) is 14.5. The third-order valence-electron chi connectivity index (χ3n) is 4.90. The van der Waals surface area contributed by atoms with Crippen LogP contribution in [0.25, 0.3) is 10.2 Å². The Hall–Kier alpha value is -1.69. The molecule has 2 aromatic heterocycles. The van der Waals surface area contributed by atoms with Crippen molar-refractivity contribution in [3.05, 3.63) is 51.6 Å². The van der Waals surface area contributed by atoms with Crippen molar-refractivity contribution in [3.63, 3.8) is 0 Å². The Balaban J connectivity index is 1.54. The molecule has 4 rings (SSSR count). The van der Waals surface area contributed by atoms with Crippen molar-refractivity contribution in [2.24, 2.45) is 0 Å². The molecule has 0 bridgehead atoms. The van der Waals surface area contributed by atoms with E-state index in [2.05, 4.69) is 63.9 Å². The largest absolute Gasteiger partial charge is 0.353 e. The van der Waals surface area contributed by atoms with Gasteiger partial charge in [-0.2, -0.15) is 4.98 Å². The predicted octanol–water partition coefficient (Wildman–Crippen LogP) is 4.28. The number of benzene rings is 1. The van der Waals surface area contributed by atoms with Crippen LogP contribution in [-0.4, -0.2) is 41.0 Å². The lowest BCUT2D eigenvalue weighted by Crippen LogP contribution is -2.46. The van der Waals surface area contributed by atoms with Gasteiger partial charge in [-0.3, -0.25) is 4.90 Å². The first-order valence-corrected chi connectivity index (χ1v) is 9.76. The van der Waals surface area contributed by atoms with Crippen LogP contribution in [0.3, 0.4) is 0 Å². The number of hydrogen-bond acceptors (Lipinski definition) is 5. The first kappa shape index (κ1) is 16.8. The summed E-state index contributed by atoms with van der Waals surface area (Å²) < 4.78 is 0. The quantitative estimate of drug-likeness (QED) is 0.642. The molecule has 6 heteroatoms. The molecule has 0 spiro atoms. The van der Waals surface area contributed by atoms with E-state index in [1.165, 1.54) is 21.4 Å². The molecular formula is C19H21ClN4S. The van der Waals surface area contributed by atoms with E-state index in [4.69, 9.17) is 11.6 Å². The van der Waals surface area contributed by atoms with E-state index in [0.29, 0.717) is 5.28 Å². The van der Waals surface area contributed by atoms with Crippen LogP contribution in [0.4, 0.5) is 5.82 Å². The Labute approximate surface area is 157 Å². The van der Waals surface area contributed by atoms with Crippen LogP contribution in [0.15, 0.2) is 30.3 Å².